The Balaban J connectivity index is 2.75. The molecule has 0 aromatic heterocycles. The smallest absolute Gasteiger partial charge is 0.488 e. The number of hydrogen-bond donors (Lipinski definition) is 2. The van der Waals surface area contributed by atoms with Crippen molar-refractivity contribution in [1.29, 1.82) is 0 Å². The SMILES string of the molecule is COCC(C)OCc1cc(B(O)O)ccc1OC. The molecule has 1 atom stereocenters. The molecule has 6 heteroatoms. The van der Waals surface area contributed by atoms with Crippen LogP contribution in [0.25, 0.3) is 0 Å². The Hall–Kier alpha value is -1.08. The Bertz CT molecular complexity index is 369. The fraction of sp³-hybridized carbons (Fsp3) is 0.500. The van der Waals surface area contributed by atoms with Crippen molar-refractivity contribution in [3.05, 3.63) is 23.8 Å². The van der Waals surface area contributed by atoms with E-state index in [9.17, 15) is 0 Å². The minimum atomic E-state index is -1.49. The maximum absolute atomic E-state index is 9.13. The maximum atomic E-state index is 9.13. The van der Waals surface area contributed by atoms with Crippen molar-refractivity contribution in [2.45, 2.75) is 19.6 Å². The first-order valence-electron chi connectivity index (χ1n) is 5.72. The van der Waals surface area contributed by atoms with Crippen LogP contribution in [-0.2, 0) is 16.1 Å². The number of benzene rings is 1. The molecule has 1 aromatic carbocycles. The Morgan fingerprint density at radius 1 is 1.28 bits per heavy atom. The first kappa shape index (κ1) is 15.0. The maximum Gasteiger partial charge on any atom is 0.488 e. The van der Waals surface area contributed by atoms with Crippen LogP contribution in [-0.4, -0.2) is 44.1 Å². The normalized spacial score (nSPS) is 12.3. The molecule has 1 unspecified atom stereocenters. The fourth-order valence-electron chi connectivity index (χ4n) is 1.59. The van der Waals surface area contributed by atoms with Crippen molar-refractivity contribution < 1.29 is 24.3 Å². The van der Waals surface area contributed by atoms with Gasteiger partial charge in [-0.1, -0.05) is 12.1 Å². The van der Waals surface area contributed by atoms with Crippen LogP contribution in [0.3, 0.4) is 0 Å². The van der Waals surface area contributed by atoms with Crippen molar-refractivity contribution in [3.8, 4) is 5.75 Å². The van der Waals surface area contributed by atoms with E-state index in [2.05, 4.69) is 0 Å². The lowest BCUT2D eigenvalue weighted by atomic mass is 9.79. The molecular weight excluding hydrogens is 235 g/mol. The van der Waals surface area contributed by atoms with Gasteiger partial charge in [0, 0.05) is 12.7 Å². The first-order valence-corrected chi connectivity index (χ1v) is 5.72. The van der Waals surface area contributed by atoms with Crippen LogP contribution in [0, 0.1) is 0 Å². The highest BCUT2D eigenvalue weighted by atomic mass is 16.5. The largest absolute Gasteiger partial charge is 0.496 e. The van der Waals surface area contributed by atoms with Gasteiger partial charge in [-0.15, -0.1) is 0 Å². The van der Waals surface area contributed by atoms with E-state index in [-0.39, 0.29) is 6.10 Å². The summed E-state index contributed by atoms with van der Waals surface area (Å²) in [6.07, 6.45) is -0.0394. The van der Waals surface area contributed by atoms with E-state index in [0.29, 0.717) is 24.4 Å². The highest BCUT2D eigenvalue weighted by Gasteiger charge is 2.14. The van der Waals surface area contributed by atoms with E-state index < -0.39 is 7.12 Å². The zero-order valence-corrected chi connectivity index (χ0v) is 10.9. The number of rotatable bonds is 7. The van der Waals surface area contributed by atoms with Crippen molar-refractivity contribution in [2.75, 3.05) is 20.8 Å². The summed E-state index contributed by atoms with van der Waals surface area (Å²) >= 11 is 0. The van der Waals surface area contributed by atoms with Crippen LogP contribution < -0.4 is 10.2 Å². The molecule has 0 fully saturated rings. The third kappa shape index (κ3) is 4.31. The summed E-state index contributed by atoms with van der Waals surface area (Å²) in [6.45, 7) is 2.74. The van der Waals surface area contributed by atoms with E-state index in [0.717, 1.165) is 5.56 Å². The average Bonchev–Trinajstić information content (AvgIpc) is 2.36. The molecule has 0 amide bonds. The number of hydrogen-bond acceptors (Lipinski definition) is 5. The van der Waals surface area contributed by atoms with Gasteiger partial charge >= 0.3 is 7.12 Å². The van der Waals surface area contributed by atoms with E-state index in [1.807, 2.05) is 6.92 Å². The molecular formula is C12H19BO5. The molecule has 0 heterocycles. The summed E-state index contributed by atoms with van der Waals surface area (Å²) in [5, 5.41) is 18.3. The zero-order chi connectivity index (χ0) is 13.5. The quantitative estimate of drug-likeness (QED) is 0.666. The van der Waals surface area contributed by atoms with Gasteiger partial charge in [-0.2, -0.15) is 0 Å². The molecule has 1 aromatic rings. The molecule has 18 heavy (non-hydrogen) atoms. The molecule has 0 spiro atoms. The highest BCUT2D eigenvalue weighted by molar-refractivity contribution is 6.58. The van der Waals surface area contributed by atoms with E-state index in [1.54, 1.807) is 32.4 Å². The van der Waals surface area contributed by atoms with Crippen molar-refractivity contribution in [2.24, 2.45) is 0 Å². The molecule has 5 nitrogen and oxygen atoms in total. The van der Waals surface area contributed by atoms with Gasteiger partial charge < -0.3 is 24.3 Å². The second kappa shape index (κ2) is 7.38. The monoisotopic (exact) mass is 254 g/mol. The lowest BCUT2D eigenvalue weighted by Gasteiger charge is -2.15. The molecule has 100 valence electrons. The Kier molecular flexibility index (Phi) is 6.14. The minimum Gasteiger partial charge on any atom is -0.496 e. The van der Waals surface area contributed by atoms with Crippen molar-refractivity contribution in [1.82, 2.24) is 0 Å². The van der Waals surface area contributed by atoms with Gasteiger partial charge in [0.05, 0.1) is 26.4 Å². The van der Waals surface area contributed by atoms with Gasteiger partial charge in [0.1, 0.15) is 5.75 Å². The van der Waals surface area contributed by atoms with Crippen LogP contribution in [0.1, 0.15) is 12.5 Å². The topological polar surface area (TPSA) is 68.2 Å². The first-order chi connectivity index (χ1) is 8.58. The van der Waals surface area contributed by atoms with Gasteiger partial charge in [0.25, 0.3) is 0 Å². The summed E-state index contributed by atoms with van der Waals surface area (Å²) < 4.78 is 15.7. The van der Waals surface area contributed by atoms with Crippen LogP contribution in [0.15, 0.2) is 18.2 Å². The Morgan fingerprint density at radius 2 is 2.00 bits per heavy atom. The molecule has 0 saturated carbocycles. The third-order valence-corrected chi connectivity index (χ3v) is 2.53. The summed E-state index contributed by atoms with van der Waals surface area (Å²) in [5.74, 6) is 0.656. The Morgan fingerprint density at radius 3 is 2.56 bits per heavy atom. The van der Waals surface area contributed by atoms with Gasteiger partial charge in [-0.3, -0.25) is 0 Å². The van der Waals surface area contributed by atoms with E-state index in [4.69, 9.17) is 24.3 Å². The molecule has 2 N–H and O–H groups in total. The van der Waals surface area contributed by atoms with Gasteiger partial charge in [0.2, 0.25) is 0 Å². The molecule has 0 radical (unpaired) electrons. The molecule has 0 aliphatic rings. The van der Waals surface area contributed by atoms with Gasteiger partial charge in [-0.25, -0.2) is 0 Å². The number of methoxy groups -OCH3 is 2. The molecule has 0 bridgehead atoms. The summed E-state index contributed by atoms with van der Waals surface area (Å²) in [5.41, 5.74) is 1.18. The van der Waals surface area contributed by atoms with Crippen LogP contribution in [0.2, 0.25) is 0 Å². The summed E-state index contributed by atoms with van der Waals surface area (Å²) in [7, 11) is 1.68. The summed E-state index contributed by atoms with van der Waals surface area (Å²) in [6, 6.07) is 4.95. The average molecular weight is 254 g/mol. The standard InChI is InChI=1S/C12H19BO5/c1-9(7-16-2)18-8-10-6-11(13(14)15)4-5-12(10)17-3/h4-6,9,14-15H,7-8H2,1-3H3. The van der Waals surface area contributed by atoms with Gasteiger partial charge in [0.15, 0.2) is 0 Å². The lowest BCUT2D eigenvalue weighted by molar-refractivity contribution is -0.000713. The van der Waals surface area contributed by atoms with E-state index in [1.165, 1.54) is 0 Å². The molecule has 0 saturated heterocycles. The Labute approximate surface area is 107 Å². The van der Waals surface area contributed by atoms with Crippen molar-refractivity contribution in [3.63, 3.8) is 0 Å². The van der Waals surface area contributed by atoms with E-state index >= 15 is 0 Å². The second-order valence-corrected chi connectivity index (χ2v) is 4.02. The fourth-order valence-corrected chi connectivity index (χ4v) is 1.59. The van der Waals surface area contributed by atoms with Gasteiger partial charge in [-0.05, 0) is 18.5 Å². The van der Waals surface area contributed by atoms with Crippen LogP contribution in [0.5, 0.6) is 5.75 Å². The minimum absolute atomic E-state index is 0.0394. The predicted octanol–water partition coefficient (Wildman–Crippen LogP) is -0.0735. The van der Waals surface area contributed by atoms with Crippen molar-refractivity contribution >= 4 is 12.6 Å². The number of ether oxygens (including phenoxy) is 3. The molecule has 0 aliphatic heterocycles. The lowest BCUT2D eigenvalue weighted by Crippen LogP contribution is -2.30. The predicted molar refractivity (Wildman–Crippen MR) is 68.9 cm³/mol. The summed E-state index contributed by atoms with van der Waals surface area (Å²) in [4.78, 5) is 0. The van der Waals surface area contributed by atoms with Crippen LogP contribution in [0.4, 0.5) is 0 Å². The second-order valence-electron chi connectivity index (χ2n) is 4.02. The molecule has 1 rings (SSSR count). The van der Waals surface area contributed by atoms with Crippen LogP contribution >= 0.6 is 0 Å². The zero-order valence-electron chi connectivity index (χ0n) is 10.9. The molecule has 0 aliphatic carbocycles. The highest BCUT2D eigenvalue weighted by Crippen LogP contribution is 2.18. The third-order valence-electron chi connectivity index (χ3n) is 2.53.